The maximum absolute atomic E-state index is 12.8. The van der Waals surface area contributed by atoms with Gasteiger partial charge in [0.15, 0.2) is 0 Å². The average molecular weight is 520 g/mol. The van der Waals surface area contributed by atoms with Gasteiger partial charge in [0.1, 0.15) is 0 Å². The van der Waals surface area contributed by atoms with Gasteiger partial charge < -0.3 is 9.79 Å². The Morgan fingerprint density at radius 2 is 0.467 bits per heavy atom. The molecule has 0 rings (SSSR count). The molecule has 0 spiro atoms. The summed E-state index contributed by atoms with van der Waals surface area (Å²) in [4.78, 5) is 14.3. The van der Waals surface area contributed by atoms with Crippen LogP contribution < -0.4 is 0 Å². The monoisotopic (exact) mass is 520 g/mol. The minimum absolute atomic E-state index is 3.13. The second-order valence-corrected chi connectivity index (χ2v) is 5.29. The molecule has 0 radical (unpaired) electrons. The van der Waals surface area contributed by atoms with Crippen molar-refractivity contribution >= 4 is 8.25 Å². The lowest BCUT2D eigenvalue weighted by Gasteiger charge is -2.41. The van der Waals surface area contributed by atoms with Gasteiger partial charge in [-0.25, -0.2) is 0 Å². The van der Waals surface area contributed by atoms with E-state index in [9.17, 15) is 79.0 Å². The van der Waals surface area contributed by atoms with E-state index in [2.05, 4.69) is 0 Å². The fraction of sp³-hybridized carbons (Fsp3) is 1.00. The predicted octanol–water partition coefficient (Wildman–Crippen LogP) is 5.28. The molecule has 0 atom stereocenters. The van der Waals surface area contributed by atoms with E-state index in [1.54, 1.807) is 0 Å². The Morgan fingerprint density at radius 3 is 0.567 bits per heavy atom. The Hall–Kier alpha value is -1.11. The molecule has 3 nitrogen and oxygen atoms in total. The third-order valence-electron chi connectivity index (χ3n) is 2.68. The van der Waals surface area contributed by atoms with E-state index in [-0.39, 0.29) is 0 Å². The Bertz CT molecular complexity index is 566. The molecule has 0 saturated carbocycles. The highest BCUT2D eigenvalue weighted by atomic mass is 31.1. The van der Waals surface area contributed by atoms with Crippen molar-refractivity contribution in [1.82, 2.24) is 0 Å². The smallest absolute Gasteiger partial charge is 0.326 e. The van der Waals surface area contributed by atoms with Crippen molar-refractivity contribution in [2.45, 2.75) is 47.9 Å². The lowest BCUT2D eigenvalue weighted by Crippen LogP contribution is -2.74. The van der Waals surface area contributed by atoms with Gasteiger partial charge in [-0.3, -0.25) is 4.57 Å². The fourth-order valence-corrected chi connectivity index (χ4v) is 1.14. The highest BCUT2D eigenvalue weighted by Gasteiger charge is 2.95. The van der Waals surface area contributed by atoms with Crippen molar-refractivity contribution in [3.63, 3.8) is 0 Å². The minimum atomic E-state index is -8.72. The van der Waals surface area contributed by atoms with Gasteiger partial charge >= 0.3 is 56.1 Å². The van der Waals surface area contributed by atoms with Crippen molar-refractivity contribution in [3.8, 4) is 0 Å². The van der Waals surface area contributed by atoms with Crippen molar-refractivity contribution in [2.75, 3.05) is 0 Å². The van der Waals surface area contributed by atoms with Crippen LogP contribution in [0.3, 0.4) is 0 Å². The first kappa shape index (κ1) is 31.1. The fourth-order valence-electron chi connectivity index (χ4n) is 1.14. The lowest BCUT2D eigenvalue weighted by molar-refractivity contribution is -0.468. The largest absolute Gasteiger partial charge is 0.460 e. The first-order valence-electron chi connectivity index (χ1n) is 5.80. The lowest BCUT2D eigenvalue weighted by atomic mass is 9.91. The summed E-state index contributed by atoms with van der Waals surface area (Å²) < 4.78 is 229. The Labute approximate surface area is 151 Å². The Kier molecular flexibility index (Phi) is 8.39. The van der Waals surface area contributed by atoms with Crippen LogP contribution in [0.5, 0.6) is 0 Å². The first-order valence-corrected chi connectivity index (χ1v) is 7.11. The average Bonchev–Trinajstić information content (AvgIpc) is 2.42. The van der Waals surface area contributed by atoms with Gasteiger partial charge in [0.2, 0.25) is 0 Å². The molecule has 0 aliphatic heterocycles. The van der Waals surface area contributed by atoms with E-state index in [0.717, 1.165) is 0 Å². The molecule has 184 valence electrons. The van der Waals surface area contributed by atoms with Gasteiger partial charge in [-0.1, -0.05) is 0 Å². The van der Waals surface area contributed by atoms with Crippen LogP contribution in [0.1, 0.15) is 0 Å². The quantitative estimate of drug-likeness (QED) is 0.383. The summed E-state index contributed by atoms with van der Waals surface area (Å²) in [6.07, 6.45) is -15.6. The third kappa shape index (κ3) is 4.71. The Balaban J connectivity index is 0. The zero-order valence-corrected chi connectivity index (χ0v) is 13.6. The topological polar surface area (TPSA) is 57.5 Å². The van der Waals surface area contributed by atoms with E-state index < -0.39 is 56.1 Å². The molecule has 0 aromatic rings. The van der Waals surface area contributed by atoms with Crippen LogP contribution in [0, 0.1) is 0 Å². The maximum atomic E-state index is 12.8. The number of halogens is 18. The molecular formula is C8H3F18O3P. The van der Waals surface area contributed by atoms with Gasteiger partial charge in [-0.05, 0) is 0 Å². The van der Waals surface area contributed by atoms with E-state index in [1.807, 2.05) is 0 Å². The highest BCUT2D eigenvalue weighted by Crippen LogP contribution is 2.63. The van der Waals surface area contributed by atoms with E-state index >= 15 is 0 Å². The number of rotatable bonds is 5. The third-order valence-corrected chi connectivity index (χ3v) is 2.68. The second kappa shape index (κ2) is 8.10. The van der Waals surface area contributed by atoms with Crippen molar-refractivity contribution in [1.29, 1.82) is 0 Å². The summed E-state index contributed by atoms with van der Waals surface area (Å²) in [7, 11) is -3.13. The summed E-state index contributed by atoms with van der Waals surface area (Å²) in [5.74, 6) is -51.0. The first-order chi connectivity index (χ1) is 12.5. The molecule has 2 N–H and O–H groups in total. The van der Waals surface area contributed by atoms with Crippen LogP contribution >= 0.6 is 8.25 Å². The van der Waals surface area contributed by atoms with Gasteiger partial charge in [-0.15, -0.1) is 0 Å². The Morgan fingerprint density at radius 1 is 0.367 bits per heavy atom. The van der Waals surface area contributed by atoms with Gasteiger partial charge in [-0.2, -0.15) is 79.0 Å². The highest BCUT2D eigenvalue weighted by molar-refractivity contribution is 7.30. The standard InChI is InChI=1S/C8F18.H3O3P/c9-1(10,3(13,14)5(17,18)7(21,22)23)2(11,12)4(15,16)6(19,20)8(24,25)26;1-4(2)3/h;4H,(H2,1,2,3). The van der Waals surface area contributed by atoms with Gasteiger partial charge in [0, 0.05) is 0 Å². The van der Waals surface area contributed by atoms with E-state index in [0.29, 0.717) is 0 Å². The van der Waals surface area contributed by atoms with Crippen LogP contribution in [0.4, 0.5) is 79.0 Å². The predicted molar refractivity (Wildman–Crippen MR) is 55.2 cm³/mol. The second-order valence-electron chi connectivity index (χ2n) is 4.72. The van der Waals surface area contributed by atoms with Crippen LogP contribution in [-0.2, 0) is 4.57 Å². The molecule has 0 aliphatic carbocycles. The minimum Gasteiger partial charge on any atom is -0.326 e. The number of alkyl halides is 18. The SMILES string of the molecule is FC(F)(F)C(F)(F)C(F)(F)C(F)(F)C(F)(F)C(F)(F)C(F)(F)C(F)(F)F.O=[PH](O)O. The van der Waals surface area contributed by atoms with Gasteiger partial charge in [0.25, 0.3) is 0 Å². The molecular weight excluding hydrogens is 517 g/mol. The normalized spacial score (nSPS) is 15.8. The molecule has 30 heavy (non-hydrogen) atoms. The molecule has 0 heterocycles. The summed E-state index contributed by atoms with van der Waals surface area (Å²) in [5, 5.41) is 0. The molecule has 0 fully saturated rings. The van der Waals surface area contributed by atoms with Crippen LogP contribution in [0.25, 0.3) is 0 Å². The van der Waals surface area contributed by atoms with Crippen molar-refractivity contribution in [2.24, 2.45) is 0 Å². The van der Waals surface area contributed by atoms with E-state index in [1.165, 1.54) is 0 Å². The molecule has 0 bridgehead atoms. The number of hydrogen-bond donors (Lipinski definition) is 2. The zero-order valence-electron chi connectivity index (χ0n) is 12.6. The molecule has 0 aromatic heterocycles. The van der Waals surface area contributed by atoms with Crippen molar-refractivity contribution in [3.05, 3.63) is 0 Å². The van der Waals surface area contributed by atoms with E-state index in [4.69, 9.17) is 14.4 Å². The van der Waals surface area contributed by atoms with Crippen LogP contribution in [0.2, 0.25) is 0 Å². The van der Waals surface area contributed by atoms with Crippen LogP contribution in [0.15, 0.2) is 0 Å². The molecule has 0 amide bonds. The summed E-state index contributed by atoms with van der Waals surface area (Å²) in [6.45, 7) is 0. The molecule has 22 heteroatoms. The molecule has 0 saturated heterocycles. The summed E-state index contributed by atoms with van der Waals surface area (Å²) in [6, 6.07) is 0. The zero-order chi connectivity index (χ0) is 25.6. The molecule has 0 aliphatic rings. The molecule has 0 aromatic carbocycles. The molecule has 0 unspecified atom stereocenters. The van der Waals surface area contributed by atoms with Gasteiger partial charge in [0.05, 0.1) is 0 Å². The van der Waals surface area contributed by atoms with Crippen LogP contribution in [-0.4, -0.2) is 57.7 Å². The number of hydrogen-bond acceptors (Lipinski definition) is 1. The van der Waals surface area contributed by atoms with Crippen molar-refractivity contribution < 1.29 is 93.4 Å². The summed E-state index contributed by atoms with van der Waals surface area (Å²) >= 11 is 0. The maximum Gasteiger partial charge on any atom is 0.460 e. The summed E-state index contributed by atoms with van der Waals surface area (Å²) in [5.41, 5.74) is 0.